The van der Waals surface area contributed by atoms with Crippen LogP contribution in [0.1, 0.15) is 30.9 Å². The van der Waals surface area contributed by atoms with Gasteiger partial charge in [0.2, 0.25) is 0 Å². The van der Waals surface area contributed by atoms with Gasteiger partial charge in [-0.25, -0.2) is 8.42 Å². The van der Waals surface area contributed by atoms with Crippen molar-refractivity contribution in [1.29, 1.82) is 0 Å². The van der Waals surface area contributed by atoms with Crippen LogP contribution in [0, 0.1) is 0 Å². The number of para-hydroxylation sites is 1. The zero-order valence-corrected chi connectivity index (χ0v) is 16.0. The van der Waals surface area contributed by atoms with Crippen LogP contribution in [0.2, 0.25) is 0 Å². The van der Waals surface area contributed by atoms with Crippen molar-refractivity contribution in [3.63, 3.8) is 0 Å². The third-order valence-corrected chi connectivity index (χ3v) is 6.95. The highest BCUT2D eigenvalue weighted by Gasteiger charge is 2.37. The summed E-state index contributed by atoms with van der Waals surface area (Å²) in [6, 6.07) is 7.40. The number of halogens is 1. The van der Waals surface area contributed by atoms with Crippen LogP contribution in [0.25, 0.3) is 0 Å². The summed E-state index contributed by atoms with van der Waals surface area (Å²) in [5.41, 5.74) is 2.40. The summed E-state index contributed by atoms with van der Waals surface area (Å²) in [5.74, 6) is 0. The van der Waals surface area contributed by atoms with Gasteiger partial charge in [0.25, 0.3) is 10.0 Å². The third kappa shape index (κ3) is 3.49. The predicted molar refractivity (Wildman–Crippen MR) is 101 cm³/mol. The Morgan fingerprint density at radius 1 is 1.32 bits per heavy atom. The monoisotopic (exact) mass is 382 g/mol. The first kappa shape index (κ1) is 18.5. The number of allylic oxidation sites excluding steroid dienone is 2. The highest BCUT2D eigenvalue weighted by atomic mass is 35.5. The largest absolute Gasteiger partial charge is 0.385 e. The molecule has 1 aliphatic carbocycles. The SMILES string of the molecule is COCCCNC1C2=C(CCC(Cl)=C2)S(=O)(=O)N(C)c2ccccc21. The molecule has 0 radical (unpaired) electrons. The molecule has 1 N–H and O–H groups in total. The molecule has 0 fully saturated rings. The van der Waals surface area contributed by atoms with Crippen LogP contribution in [0.4, 0.5) is 5.69 Å². The van der Waals surface area contributed by atoms with Crippen LogP contribution in [-0.2, 0) is 14.8 Å². The summed E-state index contributed by atoms with van der Waals surface area (Å²) in [5, 5.41) is 4.19. The fraction of sp³-hybridized carbons (Fsp3) is 0.444. The van der Waals surface area contributed by atoms with Gasteiger partial charge < -0.3 is 10.1 Å². The number of sulfonamides is 1. The van der Waals surface area contributed by atoms with E-state index in [-0.39, 0.29) is 6.04 Å². The van der Waals surface area contributed by atoms with E-state index < -0.39 is 10.0 Å². The lowest BCUT2D eigenvalue weighted by molar-refractivity contribution is 0.193. The highest BCUT2D eigenvalue weighted by molar-refractivity contribution is 7.96. The number of methoxy groups -OCH3 is 1. The fourth-order valence-corrected chi connectivity index (χ4v) is 5.19. The Morgan fingerprint density at radius 2 is 2.08 bits per heavy atom. The Kier molecular flexibility index (Phi) is 5.53. The lowest BCUT2D eigenvalue weighted by Gasteiger charge is -2.24. The molecule has 0 spiro atoms. The second-order valence-electron chi connectivity index (χ2n) is 6.23. The average molecular weight is 383 g/mol. The molecule has 0 aromatic heterocycles. The lowest BCUT2D eigenvalue weighted by atomic mass is 9.92. The maximum Gasteiger partial charge on any atom is 0.260 e. The minimum atomic E-state index is -3.56. The second kappa shape index (κ2) is 7.50. The standard InChI is InChI=1S/C18H23ClN2O3S/c1-21-16-7-4-3-6-14(16)18(20-10-5-11-24-2)15-12-13(19)8-9-17(15)25(21,22)23/h3-4,6-7,12,18,20H,5,8-11H2,1-2H3. The topological polar surface area (TPSA) is 58.6 Å². The molecule has 1 aromatic carbocycles. The molecule has 2 aliphatic rings. The van der Waals surface area contributed by atoms with Crippen molar-refractivity contribution < 1.29 is 13.2 Å². The second-order valence-corrected chi connectivity index (χ2v) is 8.71. The molecule has 5 nitrogen and oxygen atoms in total. The molecule has 7 heteroatoms. The summed E-state index contributed by atoms with van der Waals surface area (Å²) in [6.45, 7) is 1.38. The molecular formula is C18H23ClN2O3S. The average Bonchev–Trinajstić information content (AvgIpc) is 2.66. The Morgan fingerprint density at radius 3 is 2.84 bits per heavy atom. The molecule has 136 valence electrons. The van der Waals surface area contributed by atoms with Crippen molar-refractivity contribution in [2.45, 2.75) is 25.3 Å². The van der Waals surface area contributed by atoms with Crippen molar-refractivity contribution in [2.24, 2.45) is 0 Å². The number of fused-ring (bicyclic) bond motifs is 1. The van der Waals surface area contributed by atoms with Crippen LogP contribution < -0.4 is 9.62 Å². The van der Waals surface area contributed by atoms with Crippen molar-refractivity contribution in [1.82, 2.24) is 5.32 Å². The van der Waals surface area contributed by atoms with E-state index in [1.807, 2.05) is 30.3 Å². The van der Waals surface area contributed by atoms with E-state index in [2.05, 4.69) is 5.32 Å². The maximum atomic E-state index is 13.1. The van der Waals surface area contributed by atoms with E-state index in [9.17, 15) is 8.42 Å². The van der Waals surface area contributed by atoms with Gasteiger partial charge in [-0.3, -0.25) is 4.31 Å². The van der Waals surface area contributed by atoms with E-state index in [0.717, 1.165) is 24.1 Å². The number of hydrogen-bond donors (Lipinski definition) is 1. The van der Waals surface area contributed by atoms with Crippen LogP contribution in [0.3, 0.4) is 0 Å². The first-order valence-corrected chi connectivity index (χ1v) is 10.2. The Bertz CT molecular complexity index is 817. The molecular weight excluding hydrogens is 360 g/mol. The van der Waals surface area contributed by atoms with Crippen LogP contribution in [-0.4, -0.2) is 35.7 Å². The summed E-state index contributed by atoms with van der Waals surface area (Å²) < 4.78 is 32.7. The van der Waals surface area contributed by atoms with Gasteiger partial charge in [0.1, 0.15) is 0 Å². The smallest absolute Gasteiger partial charge is 0.260 e. The summed E-state index contributed by atoms with van der Waals surface area (Å²) >= 11 is 6.27. The lowest BCUT2D eigenvalue weighted by Crippen LogP contribution is -2.28. The number of anilines is 1. The van der Waals surface area contributed by atoms with Gasteiger partial charge >= 0.3 is 0 Å². The van der Waals surface area contributed by atoms with Crippen LogP contribution >= 0.6 is 11.6 Å². The van der Waals surface area contributed by atoms with E-state index in [1.165, 1.54) is 4.31 Å². The molecule has 1 atom stereocenters. The molecule has 0 saturated carbocycles. The number of hydrogen-bond acceptors (Lipinski definition) is 4. The van der Waals surface area contributed by atoms with E-state index in [1.54, 1.807) is 14.2 Å². The summed E-state index contributed by atoms with van der Waals surface area (Å²) in [7, 11) is -0.268. The number of rotatable bonds is 5. The van der Waals surface area contributed by atoms with Gasteiger partial charge in [0.05, 0.1) is 16.6 Å². The normalized spacial score (nSPS) is 22.1. The molecule has 25 heavy (non-hydrogen) atoms. The van der Waals surface area contributed by atoms with E-state index >= 15 is 0 Å². The van der Waals surface area contributed by atoms with Crippen LogP contribution in [0.5, 0.6) is 0 Å². The van der Waals surface area contributed by atoms with Crippen LogP contribution in [0.15, 0.2) is 45.9 Å². The Hall–Kier alpha value is -1.34. The molecule has 1 unspecified atom stereocenters. The van der Waals surface area contributed by atoms with Crippen molar-refractivity contribution in [3.8, 4) is 0 Å². The molecule has 0 amide bonds. The van der Waals surface area contributed by atoms with Gasteiger partial charge in [-0.2, -0.15) is 0 Å². The first-order valence-electron chi connectivity index (χ1n) is 8.36. The maximum absolute atomic E-state index is 13.1. The third-order valence-electron chi connectivity index (χ3n) is 4.67. The molecule has 1 aliphatic heterocycles. The molecule has 1 aromatic rings. The van der Waals surface area contributed by atoms with E-state index in [0.29, 0.717) is 35.1 Å². The Labute approximate surface area is 154 Å². The van der Waals surface area contributed by atoms with Gasteiger partial charge in [-0.15, -0.1) is 0 Å². The molecule has 1 heterocycles. The molecule has 3 rings (SSSR count). The number of ether oxygens (including phenoxy) is 1. The number of nitrogens with zero attached hydrogens (tertiary/aromatic N) is 1. The summed E-state index contributed by atoms with van der Waals surface area (Å²) in [6.07, 6.45) is 3.65. The van der Waals surface area contributed by atoms with Gasteiger partial charge in [-0.1, -0.05) is 29.8 Å². The minimum absolute atomic E-state index is 0.211. The van der Waals surface area contributed by atoms with E-state index in [4.69, 9.17) is 16.3 Å². The van der Waals surface area contributed by atoms with Crippen molar-refractivity contribution >= 4 is 27.3 Å². The zero-order chi connectivity index (χ0) is 18.0. The Balaban J connectivity index is 2.12. The molecule has 0 bridgehead atoms. The van der Waals surface area contributed by atoms with Gasteiger partial charge in [0, 0.05) is 25.8 Å². The zero-order valence-electron chi connectivity index (χ0n) is 14.5. The molecule has 0 saturated heterocycles. The highest BCUT2D eigenvalue weighted by Crippen LogP contribution is 2.44. The van der Waals surface area contributed by atoms with Gasteiger partial charge in [-0.05, 0) is 49.1 Å². The first-order chi connectivity index (χ1) is 12.0. The number of benzene rings is 1. The van der Waals surface area contributed by atoms with Crippen molar-refractivity contribution in [3.05, 3.63) is 51.4 Å². The minimum Gasteiger partial charge on any atom is -0.385 e. The number of nitrogens with one attached hydrogen (secondary N) is 1. The van der Waals surface area contributed by atoms with Crippen molar-refractivity contribution in [2.75, 3.05) is 31.6 Å². The predicted octanol–water partition coefficient (Wildman–Crippen LogP) is 3.30. The quantitative estimate of drug-likeness (QED) is 0.794. The van der Waals surface area contributed by atoms with Gasteiger partial charge in [0.15, 0.2) is 0 Å². The fourth-order valence-electron chi connectivity index (χ4n) is 3.38. The summed E-state index contributed by atoms with van der Waals surface area (Å²) in [4.78, 5) is 0.458.